The molecule has 0 heterocycles. The van der Waals surface area contributed by atoms with Gasteiger partial charge in [0.2, 0.25) is 0 Å². The van der Waals surface area contributed by atoms with Crippen LogP contribution in [0, 0.1) is 13.0 Å². The fourth-order valence-electron chi connectivity index (χ4n) is 1.23. The van der Waals surface area contributed by atoms with Gasteiger partial charge in [-0.05, 0) is 42.5 Å². The third-order valence-electron chi connectivity index (χ3n) is 2.06. The van der Waals surface area contributed by atoms with Crippen molar-refractivity contribution in [2.24, 2.45) is 0 Å². The van der Waals surface area contributed by atoms with Crippen LogP contribution in [0.2, 0.25) is 0 Å². The van der Waals surface area contributed by atoms with E-state index >= 15 is 0 Å². The Morgan fingerprint density at radius 1 is 1.18 bits per heavy atom. The van der Waals surface area contributed by atoms with Crippen molar-refractivity contribution >= 4 is 0 Å². The normalized spacial score (nSPS) is 10.1. The van der Waals surface area contributed by atoms with Crippen molar-refractivity contribution in [1.29, 1.82) is 0 Å². The molecule has 0 aliphatic carbocycles. The molecular formula is C11H15. The van der Waals surface area contributed by atoms with Crippen LogP contribution < -0.4 is 0 Å². The highest BCUT2D eigenvalue weighted by atomic mass is 14.0. The van der Waals surface area contributed by atoms with E-state index < -0.39 is 0 Å². The third-order valence-corrected chi connectivity index (χ3v) is 2.06. The van der Waals surface area contributed by atoms with Gasteiger partial charge in [0, 0.05) is 0 Å². The highest BCUT2D eigenvalue weighted by Gasteiger charge is 1.96. The van der Waals surface area contributed by atoms with Gasteiger partial charge in [0.25, 0.3) is 0 Å². The first-order chi connectivity index (χ1) is 5.27. The summed E-state index contributed by atoms with van der Waals surface area (Å²) in [6.07, 6.45) is 2.19. The lowest BCUT2D eigenvalue weighted by Gasteiger charge is -2.03. The van der Waals surface area contributed by atoms with Crippen LogP contribution in [0.4, 0.5) is 0 Å². The lowest BCUT2D eigenvalue weighted by Crippen LogP contribution is -1.89. The Labute approximate surface area is 69.3 Å². The molecule has 11 heavy (non-hydrogen) atoms. The van der Waals surface area contributed by atoms with Crippen LogP contribution >= 0.6 is 0 Å². The first-order valence-electron chi connectivity index (χ1n) is 4.28. The Morgan fingerprint density at radius 2 is 1.91 bits per heavy atom. The summed E-state index contributed by atoms with van der Waals surface area (Å²) >= 11 is 0. The highest BCUT2D eigenvalue weighted by Crippen LogP contribution is 2.10. The number of hydrogen-bond donors (Lipinski definition) is 0. The highest BCUT2D eigenvalue weighted by molar-refractivity contribution is 5.29. The van der Waals surface area contributed by atoms with Gasteiger partial charge in [-0.1, -0.05) is 26.0 Å². The van der Waals surface area contributed by atoms with E-state index in [1.165, 1.54) is 16.7 Å². The van der Waals surface area contributed by atoms with Crippen LogP contribution in [0.1, 0.15) is 30.5 Å². The molecule has 59 valence electrons. The monoisotopic (exact) mass is 147 g/mol. The van der Waals surface area contributed by atoms with Crippen molar-refractivity contribution in [1.82, 2.24) is 0 Å². The molecule has 0 aromatic heterocycles. The molecule has 0 aliphatic heterocycles. The fourth-order valence-corrected chi connectivity index (χ4v) is 1.23. The standard InChI is InChI=1S/C11H15/c1-4-10-7-6-9(3)11(5-2)8-10/h6-7H,4-5H2,1-3H3. The maximum atomic E-state index is 3.41. The summed E-state index contributed by atoms with van der Waals surface area (Å²) in [4.78, 5) is 0. The average molecular weight is 147 g/mol. The summed E-state index contributed by atoms with van der Waals surface area (Å²) in [6, 6.07) is 7.76. The van der Waals surface area contributed by atoms with E-state index in [0.717, 1.165) is 12.8 Å². The van der Waals surface area contributed by atoms with E-state index in [1.807, 2.05) is 0 Å². The Kier molecular flexibility index (Phi) is 2.70. The average Bonchev–Trinajstić information content (AvgIpc) is 2.05. The van der Waals surface area contributed by atoms with Crippen LogP contribution in [0.3, 0.4) is 0 Å². The Balaban J connectivity index is 3.02. The van der Waals surface area contributed by atoms with Gasteiger partial charge in [-0.3, -0.25) is 0 Å². The van der Waals surface area contributed by atoms with E-state index in [0.29, 0.717) is 0 Å². The van der Waals surface area contributed by atoms with Crippen molar-refractivity contribution in [3.8, 4) is 0 Å². The third kappa shape index (κ3) is 1.83. The summed E-state index contributed by atoms with van der Waals surface area (Å²) in [5, 5.41) is 0. The molecule has 0 unspecified atom stereocenters. The molecule has 0 aliphatic rings. The second-order valence-corrected chi connectivity index (χ2v) is 2.85. The molecule has 1 aromatic carbocycles. The summed E-state index contributed by atoms with van der Waals surface area (Å²) < 4.78 is 0. The molecule has 0 saturated heterocycles. The molecular weight excluding hydrogens is 132 g/mol. The molecule has 1 radical (unpaired) electrons. The minimum Gasteiger partial charge on any atom is -0.0613 e. The topological polar surface area (TPSA) is 0 Å². The minimum absolute atomic E-state index is 1.09. The number of hydrogen-bond acceptors (Lipinski definition) is 0. The number of rotatable bonds is 2. The van der Waals surface area contributed by atoms with Gasteiger partial charge in [-0.2, -0.15) is 0 Å². The van der Waals surface area contributed by atoms with Crippen LogP contribution in [0.5, 0.6) is 0 Å². The second-order valence-electron chi connectivity index (χ2n) is 2.85. The van der Waals surface area contributed by atoms with Crippen LogP contribution in [-0.2, 0) is 12.8 Å². The van der Waals surface area contributed by atoms with Crippen LogP contribution in [-0.4, -0.2) is 0 Å². The molecule has 0 atom stereocenters. The summed E-state index contributed by atoms with van der Waals surface area (Å²) in [6.45, 7) is 6.49. The van der Waals surface area contributed by atoms with Gasteiger partial charge >= 0.3 is 0 Å². The fraction of sp³-hybridized carbons (Fsp3) is 0.455. The van der Waals surface area contributed by atoms with Crippen molar-refractivity contribution in [2.75, 3.05) is 0 Å². The predicted octanol–water partition coefficient (Wildman–Crippen LogP) is 2.92. The molecule has 1 aromatic rings. The van der Waals surface area contributed by atoms with Crippen molar-refractivity contribution in [3.05, 3.63) is 34.9 Å². The molecule has 0 fully saturated rings. The summed E-state index contributed by atoms with van der Waals surface area (Å²) in [7, 11) is 0. The predicted molar refractivity (Wildman–Crippen MR) is 48.8 cm³/mol. The molecule has 0 heteroatoms. The van der Waals surface area contributed by atoms with Crippen molar-refractivity contribution in [3.63, 3.8) is 0 Å². The van der Waals surface area contributed by atoms with Gasteiger partial charge in [0.1, 0.15) is 0 Å². The Morgan fingerprint density at radius 3 is 2.45 bits per heavy atom. The Hall–Kier alpha value is -0.780. The van der Waals surface area contributed by atoms with Gasteiger partial charge in [0.05, 0.1) is 0 Å². The first kappa shape index (κ1) is 8.32. The first-order valence-corrected chi connectivity index (χ1v) is 4.28. The lowest BCUT2D eigenvalue weighted by molar-refractivity contribution is 1.06. The van der Waals surface area contributed by atoms with E-state index in [2.05, 4.69) is 39.0 Å². The van der Waals surface area contributed by atoms with E-state index in [9.17, 15) is 0 Å². The molecule has 0 bridgehead atoms. The minimum atomic E-state index is 1.09. The maximum Gasteiger partial charge on any atom is -0.0112 e. The molecule has 0 N–H and O–H groups in total. The smallest absolute Gasteiger partial charge is 0.0112 e. The number of benzene rings is 1. The summed E-state index contributed by atoms with van der Waals surface area (Å²) in [5.74, 6) is 0. The lowest BCUT2D eigenvalue weighted by atomic mass is 10.0. The summed E-state index contributed by atoms with van der Waals surface area (Å²) in [5.41, 5.74) is 4.06. The van der Waals surface area contributed by atoms with E-state index in [4.69, 9.17) is 0 Å². The van der Waals surface area contributed by atoms with E-state index in [1.54, 1.807) is 0 Å². The second kappa shape index (κ2) is 3.56. The molecule has 0 amide bonds. The zero-order valence-electron chi connectivity index (χ0n) is 7.57. The Bertz CT molecular complexity index is 236. The zero-order valence-corrected chi connectivity index (χ0v) is 7.57. The molecule has 1 rings (SSSR count). The SMILES string of the molecule is CCc1[c]c(CC)c(C)cc1. The van der Waals surface area contributed by atoms with Gasteiger partial charge in [0.15, 0.2) is 0 Å². The van der Waals surface area contributed by atoms with Crippen LogP contribution in [0.15, 0.2) is 12.1 Å². The van der Waals surface area contributed by atoms with Gasteiger partial charge in [-0.15, -0.1) is 0 Å². The molecule has 0 spiro atoms. The van der Waals surface area contributed by atoms with Gasteiger partial charge in [-0.25, -0.2) is 0 Å². The number of aryl methyl sites for hydroxylation is 3. The quantitative estimate of drug-likeness (QED) is 0.603. The maximum absolute atomic E-state index is 3.41. The van der Waals surface area contributed by atoms with Crippen LogP contribution in [0.25, 0.3) is 0 Å². The van der Waals surface area contributed by atoms with Gasteiger partial charge < -0.3 is 0 Å². The van der Waals surface area contributed by atoms with E-state index in [-0.39, 0.29) is 0 Å². The zero-order chi connectivity index (χ0) is 8.27. The molecule has 0 nitrogen and oxygen atoms in total. The molecule has 0 saturated carbocycles. The van der Waals surface area contributed by atoms with Crippen molar-refractivity contribution < 1.29 is 0 Å². The largest absolute Gasteiger partial charge is 0.0613 e. The van der Waals surface area contributed by atoms with Crippen molar-refractivity contribution in [2.45, 2.75) is 33.6 Å².